The summed E-state index contributed by atoms with van der Waals surface area (Å²) < 4.78 is 5.23. The first-order chi connectivity index (χ1) is 17.8. The van der Waals surface area contributed by atoms with E-state index in [1.54, 1.807) is 29.8 Å². The Balaban J connectivity index is 1.78. The smallest absolute Gasteiger partial charge is 0.330 e. The molecule has 2 N–H and O–H groups in total. The Morgan fingerprint density at radius 2 is 1.73 bits per heavy atom. The summed E-state index contributed by atoms with van der Waals surface area (Å²) in [4.78, 5) is 38.5. The molecule has 37 heavy (non-hydrogen) atoms. The second-order valence-corrected chi connectivity index (χ2v) is 9.28. The monoisotopic (exact) mass is 496 g/mol. The molecule has 1 amide bonds. The number of benzene rings is 3. The SMILES string of the molecule is CNC(=O)c1ccc2c(c1)n([C@H](CC(=O)O)c1ccccc1)c(=O)n2Cc1cn(C)c2cccc(C)c12. The number of rotatable bonds is 7. The Morgan fingerprint density at radius 1 is 0.973 bits per heavy atom. The van der Waals surface area contributed by atoms with Crippen LogP contribution in [0.25, 0.3) is 21.9 Å². The summed E-state index contributed by atoms with van der Waals surface area (Å²) in [5, 5.41) is 13.5. The van der Waals surface area contributed by atoms with E-state index in [1.165, 1.54) is 4.57 Å². The Labute approximate surface area is 213 Å². The van der Waals surface area contributed by atoms with Gasteiger partial charge in [-0.15, -0.1) is 0 Å². The van der Waals surface area contributed by atoms with Gasteiger partial charge in [-0.05, 0) is 47.9 Å². The van der Waals surface area contributed by atoms with Crippen molar-refractivity contribution >= 4 is 33.8 Å². The molecule has 5 aromatic rings. The summed E-state index contributed by atoms with van der Waals surface area (Å²) in [6.07, 6.45) is 1.75. The molecule has 0 aliphatic heterocycles. The summed E-state index contributed by atoms with van der Waals surface area (Å²) in [6, 6.07) is 19.6. The van der Waals surface area contributed by atoms with E-state index in [1.807, 2.05) is 73.3 Å². The number of nitrogens with one attached hydrogen (secondary N) is 1. The van der Waals surface area contributed by atoms with Crippen LogP contribution in [-0.2, 0) is 18.4 Å². The Morgan fingerprint density at radius 3 is 2.43 bits per heavy atom. The van der Waals surface area contributed by atoms with Gasteiger partial charge in [-0.3, -0.25) is 18.7 Å². The fraction of sp³-hybridized carbons (Fsp3) is 0.207. The summed E-state index contributed by atoms with van der Waals surface area (Å²) in [6.45, 7) is 2.35. The zero-order valence-corrected chi connectivity index (χ0v) is 20.9. The molecule has 0 saturated carbocycles. The molecule has 188 valence electrons. The van der Waals surface area contributed by atoms with Gasteiger partial charge in [0.1, 0.15) is 0 Å². The molecule has 0 saturated heterocycles. The first-order valence-electron chi connectivity index (χ1n) is 12.1. The molecular formula is C29H28N4O4. The number of fused-ring (bicyclic) bond motifs is 2. The number of carboxylic acids is 1. The summed E-state index contributed by atoms with van der Waals surface area (Å²) >= 11 is 0. The van der Waals surface area contributed by atoms with Crippen molar-refractivity contribution in [1.82, 2.24) is 19.0 Å². The fourth-order valence-electron chi connectivity index (χ4n) is 5.24. The molecule has 0 aliphatic carbocycles. The van der Waals surface area contributed by atoms with Gasteiger partial charge in [-0.2, -0.15) is 0 Å². The minimum absolute atomic E-state index is 0.277. The molecular weight excluding hydrogens is 468 g/mol. The van der Waals surface area contributed by atoms with Crippen molar-refractivity contribution in [2.75, 3.05) is 7.05 Å². The predicted octanol–water partition coefficient (Wildman–Crippen LogP) is 4.08. The van der Waals surface area contributed by atoms with Crippen LogP contribution in [0.4, 0.5) is 0 Å². The maximum atomic E-state index is 14.1. The van der Waals surface area contributed by atoms with E-state index in [4.69, 9.17) is 0 Å². The largest absolute Gasteiger partial charge is 0.481 e. The molecule has 8 heteroatoms. The van der Waals surface area contributed by atoms with Gasteiger partial charge in [0.15, 0.2) is 0 Å². The molecule has 0 radical (unpaired) electrons. The molecule has 5 rings (SSSR count). The summed E-state index contributed by atoms with van der Waals surface area (Å²) in [5.41, 5.74) is 5.09. The third kappa shape index (κ3) is 4.20. The zero-order chi connectivity index (χ0) is 26.3. The van der Waals surface area contributed by atoms with E-state index in [0.717, 1.165) is 22.0 Å². The van der Waals surface area contributed by atoms with E-state index < -0.39 is 12.0 Å². The van der Waals surface area contributed by atoms with Crippen molar-refractivity contribution in [2.24, 2.45) is 7.05 Å². The van der Waals surface area contributed by atoms with Gasteiger partial charge in [0.05, 0.1) is 30.0 Å². The van der Waals surface area contributed by atoms with E-state index in [-0.39, 0.29) is 18.0 Å². The molecule has 0 spiro atoms. The van der Waals surface area contributed by atoms with Gasteiger partial charge in [-0.25, -0.2) is 4.79 Å². The van der Waals surface area contributed by atoms with Crippen LogP contribution in [0.3, 0.4) is 0 Å². The topological polar surface area (TPSA) is 98.3 Å². The molecule has 0 fully saturated rings. The van der Waals surface area contributed by atoms with Crippen LogP contribution < -0.4 is 11.0 Å². The summed E-state index contributed by atoms with van der Waals surface area (Å²) in [7, 11) is 3.52. The second kappa shape index (κ2) is 9.46. The van der Waals surface area contributed by atoms with Crippen LogP contribution in [0.2, 0.25) is 0 Å². The van der Waals surface area contributed by atoms with Crippen molar-refractivity contribution in [1.29, 1.82) is 0 Å². The van der Waals surface area contributed by atoms with Crippen molar-refractivity contribution in [3.05, 3.63) is 106 Å². The van der Waals surface area contributed by atoms with Gasteiger partial charge >= 0.3 is 11.7 Å². The minimum atomic E-state index is -1.02. The molecule has 3 aromatic carbocycles. The highest BCUT2D eigenvalue weighted by Gasteiger charge is 2.26. The van der Waals surface area contributed by atoms with Crippen molar-refractivity contribution in [3.8, 4) is 0 Å². The lowest BCUT2D eigenvalue weighted by Crippen LogP contribution is -2.29. The van der Waals surface area contributed by atoms with Crippen molar-refractivity contribution < 1.29 is 14.7 Å². The first-order valence-corrected chi connectivity index (χ1v) is 12.1. The number of carbonyl (C=O) groups is 2. The predicted molar refractivity (Wildman–Crippen MR) is 143 cm³/mol. The zero-order valence-electron chi connectivity index (χ0n) is 20.9. The molecule has 0 aliphatic rings. The number of amides is 1. The third-order valence-corrected chi connectivity index (χ3v) is 6.95. The number of aryl methyl sites for hydroxylation is 2. The number of aliphatic carboxylic acids is 1. The van der Waals surface area contributed by atoms with E-state index in [2.05, 4.69) is 5.32 Å². The van der Waals surface area contributed by atoms with Gasteiger partial charge < -0.3 is 15.0 Å². The lowest BCUT2D eigenvalue weighted by Gasteiger charge is -2.17. The number of hydrogen-bond acceptors (Lipinski definition) is 3. The van der Waals surface area contributed by atoms with Crippen LogP contribution in [-0.4, -0.2) is 37.7 Å². The van der Waals surface area contributed by atoms with E-state index in [0.29, 0.717) is 28.7 Å². The number of aromatic nitrogens is 3. The normalized spacial score (nSPS) is 12.2. The van der Waals surface area contributed by atoms with Gasteiger partial charge in [-0.1, -0.05) is 42.5 Å². The first kappa shape index (κ1) is 24.1. The average Bonchev–Trinajstić information content (AvgIpc) is 3.36. The quantitative estimate of drug-likeness (QED) is 0.355. The molecule has 0 unspecified atom stereocenters. The number of carbonyl (C=O) groups excluding carboxylic acids is 1. The standard InChI is InChI=1S/C29H28N4O4/c1-18-8-7-11-23-27(18)21(16-31(23)3)17-32-22-13-12-20(28(36)30-2)14-25(22)33(29(32)37)24(15-26(34)35)19-9-5-4-6-10-19/h4-14,16,24H,15,17H2,1-3H3,(H,30,36)(H,34,35)/t24-/m1/s1. The Hall–Kier alpha value is -4.59. The van der Waals surface area contributed by atoms with Crippen LogP contribution in [0.1, 0.15) is 39.5 Å². The van der Waals surface area contributed by atoms with Gasteiger partial charge in [0.2, 0.25) is 0 Å². The molecule has 1 atom stereocenters. The van der Waals surface area contributed by atoms with Crippen LogP contribution >= 0.6 is 0 Å². The van der Waals surface area contributed by atoms with E-state index in [9.17, 15) is 19.5 Å². The molecule has 2 aromatic heterocycles. The molecule has 2 heterocycles. The Kier molecular flexibility index (Phi) is 6.17. The number of nitrogens with zero attached hydrogens (tertiary/aromatic N) is 3. The highest BCUT2D eigenvalue weighted by molar-refractivity contribution is 5.97. The van der Waals surface area contributed by atoms with Crippen LogP contribution in [0.5, 0.6) is 0 Å². The third-order valence-electron chi connectivity index (χ3n) is 6.95. The maximum Gasteiger partial charge on any atom is 0.330 e. The van der Waals surface area contributed by atoms with Crippen LogP contribution in [0.15, 0.2) is 77.7 Å². The minimum Gasteiger partial charge on any atom is -0.481 e. The lowest BCUT2D eigenvalue weighted by molar-refractivity contribution is -0.137. The van der Waals surface area contributed by atoms with E-state index >= 15 is 0 Å². The van der Waals surface area contributed by atoms with Crippen molar-refractivity contribution in [3.63, 3.8) is 0 Å². The lowest BCUT2D eigenvalue weighted by atomic mass is 10.0. The highest BCUT2D eigenvalue weighted by Crippen LogP contribution is 2.29. The summed E-state index contributed by atoms with van der Waals surface area (Å²) in [5.74, 6) is -1.30. The van der Waals surface area contributed by atoms with Gasteiger partial charge in [0.25, 0.3) is 5.91 Å². The second-order valence-electron chi connectivity index (χ2n) is 9.28. The average molecular weight is 497 g/mol. The number of imidazole rings is 1. The Bertz CT molecular complexity index is 1710. The van der Waals surface area contributed by atoms with Gasteiger partial charge in [0, 0.05) is 36.8 Å². The maximum absolute atomic E-state index is 14.1. The molecule has 8 nitrogen and oxygen atoms in total. The highest BCUT2D eigenvalue weighted by atomic mass is 16.4. The number of carboxylic acid groups (broad SMARTS) is 1. The van der Waals surface area contributed by atoms with Crippen LogP contribution in [0, 0.1) is 6.92 Å². The molecule has 0 bridgehead atoms. The fourth-order valence-corrected chi connectivity index (χ4v) is 5.24. The number of hydrogen-bond donors (Lipinski definition) is 2. The van der Waals surface area contributed by atoms with Crippen molar-refractivity contribution in [2.45, 2.75) is 25.9 Å².